The summed E-state index contributed by atoms with van der Waals surface area (Å²) < 4.78 is 0. The Morgan fingerprint density at radius 2 is 0.952 bits per heavy atom. The minimum Gasteiger partial charge on any atom is -0.384 e. The highest BCUT2D eigenvalue weighted by atomic mass is 15.0. The van der Waals surface area contributed by atoms with Crippen molar-refractivity contribution in [3.63, 3.8) is 0 Å². The quantitative estimate of drug-likeness (QED) is 0.279. The number of nitrogens with zero attached hydrogens (tertiary/aromatic N) is 1. The maximum atomic E-state index is 2.29. The van der Waals surface area contributed by atoms with Gasteiger partial charge in [0.2, 0.25) is 0 Å². The van der Waals surface area contributed by atoms with Crippen molar-refractivity contribution < 1.29 is 0 Å². The highest BCUT2D eigenvalue weighted by Crippen LogP contribution is 2.13. The molecule has 0 rings (SSSR count). The van der Waals surface area contributed by atoms with E-state index in [2.05, 4.69) is 38.2 Å². The van der Waals surface area contributed by atoms with Crippen LogP contribution in [0.4, 0.5) is 0 Å². The number of rotatable bonds is 16. The molecule has 0 aliphatic rings. The number of unbranched alkanes of at least 4 members (excludes halogenated alkanes) is 14. The Bertz CT molecular complexity index is 208. The molecule has 21 heavy (non-hydrogen) atoms. The average Bonchev–Trinajstić information content (AvgIpc) is 2.46. The van der Waals surface area contributed by atoms with Crippen LogP contribution in [0, 0.1) is 0 Å². The van der Waals surface area contributed by atoms with Gasteiger partial charge in [-0.05, 0) is 19.0 Å². The smallest absolute Gasteiger partial charge is 0.00555 e. The van der Waals surface area contributed by atoms with Gasteiger partial charge < -0.3 is 4.90 Å². The Morgan fingerprint density at radius 1 is 0.571 bits per heavy atom. The van der Waals surface area contributed by atoms with Crippen molar-refractivity contribution in [1.82, 2.24) is 4.90 Å². The van der Waals surface area contributed by atoms with Crippen molar-refractivity contribution in [3.05, 3.63) is 12.3 Å². The molecule has 0 unspecified atom stereocenters. The van der Waals surface area contributed by atoms with E-state index in [9.17, 15) is 0 Å². The third-order valence-electron chi connectivity index (χ3n) is 4.13. The Balaban J connectivity index is 2.99. The molecule has 1 nitrogen and oxygen atoms in total. The molecule has 0 aromatic heterocycles. The summed E-state index contributed by atoms with van der Waals surface area (Å²) in [5, 5.41) is 0. The lowest BCUT2D eigenvalue weighted by Crippen LogP contribution is -1.99. The molecule has 126 valence electrons. The van der Waals surface area contributed by atoms with Crippen LogP contribution in [0.2, 0.25) is 0 Å². The van der Waals surface area contributed by atoms with Crippen molar-refractivity contribution >= 4 is 0 Å². The second kappa shape index (κ2) is 17.6. The molecule has 0 amide bonds. The van der Waals surface area contributed by atoms with Gasteiger partial charge in [0, 0.05) is 14.1 Å². The maximum Gasteiger partial charge on any atom is 0.00555 e. The van der Waals surface area contributed by atoms with Crippen LogP contribution in [0.1, 0.15) is 103 Å². The van der Waals surface area contributed by atoms with Crippen molar-refractivity contribution in [3.8, 4) is 0 Å². The van der Waals surface area contributed by atoms with E-state index in [1.807, 2.05) is 0 Å². The Labute approximate surface area is 135 Å². The summed E-state index contributed by atoms with van der Waals surface area (Å²) in [6.45, 7) is 2.29. The fourth-order valence-corrected chi connectivity index (χ4v) is 2.74. The summed E-state index contributed by atoms with van der Waals surface area (Å²) in [5.41, 5.74) is 0. The topological polar surface area (TPSA) is 3.24 Å². The third-order valence-corrected chi connectivity index (χ3v) is 4.13. The molecule has 0 N–H and O–H groups in total. The first-order chi connectivity index (χ1) is 10.3. The van der Waals surface area contributed by atoms with Crippen LogP contribution in [0.5, 0.6) is 0 Å². The molecule has 0 heterocycles. The van der Waals surface area contributed by atoms with Gasteiger partial charge in [0.15, 0.2) is 0 Å². The average molecular weight is 296 g/mol. The van der Waals surface area contributed by atoms with Crippen LogP contribution in [-0.4, -0.2) is 19.0 Å². The lowest BCUT2D eigenvalue weighted by Gasteiger charge is -2.04. The standard InChI is InChI=1S/C20H41N/c1-4-5-6-7-8-9-10-11-12-13-14-15-16-17-18-19-20-21(2)3/h19-20H,4-18H2,1-3H3. The minimum absolute atomic E-state index is 1.25. The van der Waals surface area contributed by atoms with Crippen molar-refractivity contribution in [2.75, 3.05) is 14.1 Å². The Hall–Kier alpha value is -0.460. The van der Waals surface area contributed by atoms with E-state index in [1.165, 1.54) is 96.3 Å². The molecule has 0 fully saturated rings. The fourth-order valence-electron chi connectivity index (χ4n) is 2.74. The molecule has 0 radical (unpaired) electrons. The normalized spacial score (nSPS) is 11.4. The number of allylic oxidation sites excluding steroid dienone is 1. The predicted molar refractivity (Wildman–Crippen MR) is 97.8 cm³/mol. The van der Waals surface area contributed by atoms with Gasteiger partial charge in [0.1, 0.15) is 0 Å². The molecular formula is C20H41N. The molecule has 0 spiro atoms. The molecule has 0 saturated carbocycles. The molecule has 0 atom stereocenters. The summed E-state index contributed by atoms with van der Waals surface area (Å²) in [7, 11) is 4.17. The molecule has 0 aromatic carbocycles. The van der Waals surface area contributed by atoms with Gasteiger partial charge >= 0.3 is 0 Å². The second-order valence-corrected chi connectivity index (χ2v) is 6.73. The largest absolute Gasteiger partial charge is 0.384 e. The van der Waals surface area contributed by atoms with Crippen molar-refractivity contribution in [2.24, 2.45) is 0 Å². The van der Waals surface area contributed by atoms with E-state index in [-0.39, 0.29) is 0 Å². The molecule has 0 saturated heterocycles. The van der Waals surface area contributed by atoms with Gasteiger partial charge in [0.05, 0.1) is 0 Å². The van der Waals surface area contributed by atoms with Crippen LogP contribution < -0.4 is 0 Å². The van der Waals surface area contributed by atoms with Gasteiger partial charge in [0.25, 0.3) is 0 Å². The summed E-state index contributed by atoms with van der Waals surface area (Å²) in [4.78, 5) is 2.11. The maximum absolute atomic E-state index is 2.29. The zero-order chi connectivity index (χ0) is 15.6. The van der Waals surface area contributed by atoms with Gasteiger partial charge in [-0.15, -0.1) is 0 Å². The summed E-state index contributed by atoms with van der Waals surface area (Å²) in [5.74, 6) is 0. The first-order valence-electron chi connectivity index (χ1n) is 9.60. The van der Waals surface area contributed by atoms with E-state index < -0.39 is 0 Å². The van der Waals surface area contributed by atoms with Crippen LogP contribution in [0.25, 0.3) is 0 Å². The van der Waals surface area contributed by atoms with Crippen LogP contribution >= 0.6 is 0 Å². The Kier molecular flexibility index (Phi) is 17.2. The minimum atomic E-state index is 1.25. The van der Waals surface area contributed by atoms with Gasteiger partial charge in [-0.1, -0.05) is 96.5 Å². The first kappa shape index (κ1) is 20.5. The van der Waals surface area contributed by atoms with Crippen molar-refractivity contribution in [2.45, 2.75) is 103 Å². The summed E-state index contributed by atoms with van der Waals surface area (Å²) in [6.07, 6.45) is 25.9. The van der Waals surface area contributed by atoms with Crippen LogP contribution in [0.3, 0.4) is 0 Å². The monoisotopic (exact) mass is 295 g/mol. The Morgan fingerprint density at radius 3 is 1.33 bits per heavy atom. The van der Waals surface area contributed by atoms with E-state index in [4.69, 9.17) is 0 Å². The molecular weight excluding hydrogens is 254 g/mol. The summed E-state index contributed by atoms with van der Waals surface area (Å²) >= 11 is 0. The second-order valence-electron chi connectivity index (χ2n) is 6.73. The molecule has 0 aliphatic heterocycles. The third kappa shape index (κ3) is 19.5. The number of hydrogen-bond donors (Lipinski definition) is 0. The zero-order valence-corrected chi connectivity index (χ0v) is 15.2. The SMILES string of the molecule is CCCCCCCCCCCCCCCCC=CN(C)C. The fraction of sp³-hybridized carbons (Fsp3) is 0.900. The molecule has 0 aromatic rings. The number of hydrogen-bond acceptors (Lipinski definition) is 1. The summed E-state index contributed by atoms with van der Waals surface area (Å²) in [6, 6.07) is 0. The van der Waals surface area contributed by atoms with E-state index in [1.54, 1.807) is 0 Å². The lowest BCUT2D eigenvalue weighted by atomic mass is 10.0. The van der Waals surface area contributed by atoms with Crippen molar-refractivity contribution in [1.29, 1.82) is 0 Å². The van der Waals surface area contributed by atoms with E-state index in [0.29, 0.717) is 0 Å². The van der Waals surface area contributed by atoms with Crippen LogP contribution in [0.15, 0.2) is 12.3 Å². The highest BCUT2D eigenvalue weighted by molar-refractivity contribution is 4.78. The van der Waals surface area contributed by atoms with Gasteiger partial charge in [-0.3, -0.25) is 0 Å². The molecule has 1 heteroatoms. The highest BCUT2D eigenvalue weighted by Gasteiger charge is 1.93. The van der Waals surface area contributed by atoms with Gasteiger partial charge in [-0.2, -0.15) is 0 Å². The lowest BCUT2D eigenvalue weighted by molar-refractivity contribution is 0.534. The van der Waals surface area contributed by atoms with Gasteiger partial charge in [-0.25, -0.2) is 0 Å². The first-order valence-corrected chi connectivity index (χ1v) is 9.60. The molecule has 0 aliphatic carbocycles. The predicted octanol–water partition coefficient (Wildman–Crippen LogP) is 6.93. The van der Waals surface area contributed by atoms with Crippen LogP contribution in [-0.2, 0) is 0 Å². The van der Waals surface area contributed by atoms with E-state index >= 15 is 0 Å². The van der Waals surface area contributed by atoms with E-state index in [0.717, 1.165) is 0 Å². The molecule has 0 bridgehead atoms. The zero-order valence-electron chi connectivity index (χ0n) is 15.2.